The third-order valence-corrected chi connectivity index (χ3v) is 7.43. The van der Waals surface area contributed by atoms with Crippen molar-refractivity contribution in [1.29, 1.82) is 0 Å². The van der Waals surface area contributed by atoms with E-state index in [0.717, 1.165) is 5.56 Å². The van der Waals surface area contributed by atoms with Crippen LogP contribution in [0.3, 0.4) is 0 Å². The maximum atomic E-state index is 13.8. The first kappa shape index (κ1) is 29.7. The van der Waals surface area contributed by atoms with Gasteiger partial charge in [0.2, 0.25) is 17.4 Å². The van der Waals surface area contributed by atoms with Crippen LogP contribution >= 0.6 is 11.6 Å². The lowest BCUT2D eigenvalue weighted by atomic mass is 9.97. The molecule has 0 radical (unpaired) electrons. The summed E-state index contributed by atoms with van der Waals surface area (Å²) in [7, 11) is 8.92. The Morgan fingerprint density at radius 1 is 0.805 bits per heavy atom. The summed E-state index contributed by atoms with van der Waals surface area (Å²) in [5.74, 6) is 0.926. The van der Waals surface area contributed by atoms with Crippen LogP contribution in [0.1, 0.15) is 28.3 Å². The molecule has 0 heterocycles. The molecule has 11 heteroatoms. The first-order valence-electron chi connectivity index (χ1n) is 12.6. The minimum absolute atomic E-state index is 0.172. The Morgan fingerprint density at radius 3 is 1.80 bits per heavy atom. The molecule has 0 unspecified atom stereocenters. The number of rotatable bonds is 12. The van der Waals surface area contributed by atoms with Gasteiger partial charge in [0, 0.05) is 5.92 Å². The molecule has 1 amide bonds. The molecule has 218 valence electrons. The number of hydrogen-bond acceptors (Lipinski definition) is 9. The monoisotopic (exact) mass is 585 g/mol. The minimum Gasteiger partial charge on any atom is -0.493 e. The van der Waals surface area contributed by atoms with Crippen molar-refractivity contribution in [3.05, 3.63) is 64.7 Å². The van der Waals surface area contributed by atoms with Gasteiger partial charge in [0.1, 0.15) is 6.61 Å². The van der Waals surface area contributed by atoms with Crippen LogP contribution in [0.4, 0.5) is 5.69 Å². The Balaban J connectivity index is 1.67. The van der Waals surface area contributed by atoms with E-state index in [9.17, 15) is 9.59 Å². The third-order valence-electron chi connectivity index (χ3n) is 7.10. The van der Waals surface area contributed by atoms with Crippen molar-refractivity contribution in [1.82, 2.24) is 0 Å². The fraction of sp³-hybridized carbons (Fsp3) is 0.333. The predicted octanol–water partition coefficient (Wildman–Crippen LogP) is 5.36. The average Bonchev–Trinajstić information content (AvgIpc) is 3.75. The molecule has 0 bridgehead atoms. The number of halogens is 1. The Bertz CT molecular complexity index is 1390. The zero-order valence-electron chi connectivity index (χ0n) is 23.7. The van der Waals surface area contributed by atoms with E-state index in [1.165, 1.54) is 54.8 Å². The van der Waals surface area contributed by atoms with Gasteiger partial charge in [0.15, 0.2) is 23.0 Å². The summed E-state index contributed by atoms with van der Waals surface area (Å²) in [6.07, 6.45) is 0.393. The fourth-order valence-electron chi connectivity index (χ4n) is 4.81. The Kier molecular flexibility index (Phi) is 9.02. The molecule has 0 spiro atoms. The van der Waals surface area contributed by atoms with Gasteiger partial charge in [0.25, 0.3) is 0 Å². The first-order valence-corrected chi connectivity index (χ1v) is 13.0. The number of ether oxygens (including phenoxy) is 7. The van der Waals surface area contributed by atoms with Crippen molar-refractivity contribution in [2.45, 2.75) is 12.3 Å². The molecule has 0 saturated heterocycles. The minimum atomic E-state index is -1.10. The third kappa shape index (κ3) is 5.78. The lowest BCUT2D eigenvalue weighted by Gasteiger charge is -2.20. The van der Waals surface area contributed by atoms with Gasteiger partial charge in [-0.05, 0) is 48.4 Å². The number of para-hydroxylation sites is 1. The lowest BCUT2D eigenvalue weighted by Crippen LogP contribution is -2.31. The predicted molar refractivity (Wildman–Crippen MR) is 152 cm³/mol. The summed E-state index contributed by atoms with van der Waals surface area (Å²) in [6.45, 7) is -0.208. The largest absolute Gasteiger partial charge is 0.493 e. The fourth-order valence-corrected chi connectivity index (χ4v) is 4.99. The number of benzene rings is 3. The molecular formula is C30H32ClNO9. The molecule has 1 aliphatic carbocycles. The van der Waals surface area contributed by atoms with Crippen molar-refractivity contribution in [3.63, 3.8) is 0 Å². The maximum Gasteiger partial charge on any atom is 0.338 e. The van der Waals surface area contributed by atoms with Crippen LogP contribution in [-0.4, -0.2) is 61.1 Å². The zero-order chi connectivity index (χ0) is 29.7. The van der Waals surface area contributed by atoms with E-state index in [2.05, 4.69) is 5.32 Å². The summed E-state index contributed by atoms with van der Waals surface area (Å²) in [4.78, 5) is 27.0. The number of hydrogen-bond donors (Lipinski definition) is 1. The van der Waals surface area contributed by atoms with Crippen LogP contribution in [-0.2, 0) is 9.53 Å². The highest BCUT2D eigenvalue weighted by Gasteiger charge is 2.62. The summed E-state index contributed by atoms with van der Waals surface area (Å²) >= 11 is 6.31. The maximum absolute atomic E-state index is 13.8. The Morgan fingerprint density at radius 2 is 1.32 bits per heavy atom. The molecule has 1 fully saturated rings. The molecule has 3 aromatic carbocycles. The second-order valence-corrected chi connectivity index (χ2v) is 9.70. The van der Waals surface area contributed by atoms with E-state index in [4.69, 9.17) is 44.8 Å². The highest BCUT2D eigenvalue weighted by Crippen LogP contribution is 2.61. The van der Waals surface area contributed by atoms with Crippen molar-refractivity contribution in [3.8, 4) is 34.5 Å². The van der Waals surface area contributed by atoms with Gasteiger partial charge in [-0.1, -0.05) is 23.7 Å². The highest BCUT2D eigenvalue weighted by molar-refractivity contribution is 6.33. The molecule has 10 nitrogen and oxygen atoms in total. The lowest BCUT2D eigenvalue weighted by molar-refractivity contribution is -0.122. The zero-order valence-corrected chi connectivity index (χ0v) is 24.4. The number of carbonyl (C=O) groups is 2. The van der Waals surface area contributed by atoms with Crippen LogP contribution in [0.25, 0.3) is 0 Å². The molecule has 1 aliphatic rings. The summed E-state index contributed by atoms with van der Waals surface area (Å²) in [5.41, 5.74) is 0.286. The van der Waals surface area contributed by atoms with Crippen LogP contribution < -0.4 is 33.7 Å². The van der Waals surface area contributed by atoms with Crippen LogP contribution in [0, 0.1) is 5.41 Å². The van der Waals surface area contributed by atoms with Crippen molar-refractivity contribution in [2.75, 3.05) is 54.6 Å². The van der Waals surface area contributed by atoms with Gasteiger partial charge < -0.3 is 38.5 Å². The molecular weight excluding hydrogens is 554 g/mol. The topological polar surface area (TPSA) is 111 Å². The number of carbonyl (C=O) groups excluding carboxylic acids is 2. The molecule has 0 aromatic heterocycles. The Hall–Kier alpha value is -4.31. The normalized spacial score (nSPS) is 17.2. The SMILES string of the molecule is COc1cc(C(=O)OC[C@]2(C(=O)Nc3ccccc3Cl)C[C@H]2c2cc(OC)c(OC)c(OC)c2)cc(OC)c1OC. The smallest absolute Gasteiger partial charge is 0.338 e. The van der Waals surface area contributed by atoms with E-state index < -0.39 is 11.4 Å². The molecule has 41 heavy (non-hydrogen) atoms. The number of nitrogens with one attached hydrogen (secondary N) is 1. The van der Waals surface area contributed by atoms with Gasteiger partial charge in [-0.2, -0.15) is 0 Å². The van der Waals surface area contributed by atoms with Crippen LogP contribution in [0.5, 0.6) is 34.5 Å². The van der Waals surface area contributed by atoms with Crippen LogP contribution in [0.2, 0.25) is 5.02 Å². The number of anilines is 1. The van der Waals surface area contributed by atoms with Crippen molar-refractivity contribution < 1.29 is 42.7 Å². The summed E-state index contributed by atoms with van der Waals surface area (Å²) in [5, 5.41) is 3.29. The highest BCUT2D eigenvalue weighted by atomic mass is 35.5. The van der Waals surface area contributed by atoms with E-state index in [-0.39, 0.29) is 24.0 Å². The van der Waals surface area contributed by atoms with Gasteiger partial charge >= 0.3 is 5.97 Å². The van der Waals surface area contributed by atoms with Gasteiger partial charge in [0.05, 0.1) is 64.3 Å². The molecule has 3 aromatic rings. The molecule has 1 N–H and O–H groups in total. The molecule has 2 atom stereocenters. The molecule has 4 rings (SSSR count). The quantitative estimate of drug-likeness (QED) is 0.281. The standard InChI is InChI=1S/C30H32ClNO9/c1-35-22-11-17(12-23(36-2)26(22)39-5)19-15-30(19,29(34)32-21-10-8-7-9-20(21)31)16-41-28(33)18-13-24(37-3)27(40-6)25(14-18)38-4/h7-14,19H,15-16H2,1-6H3,(H,32,34)/t19-,30+/m0/s1. The van der Waals surface area contributed by atoms with E-state index in [1.807, 2.05) is 0 Å². The van der Waals surface area contributed by atoms with Gasteiger partial charge in [-0.15, -0.1) is 0 Å². The molecule has 1 saturated carbocycles. The first-order chi connectivity index (χ1) is 19.8. The van der Waals surface area contributed by atoms with Gasteiger partial charge in [-0.3, -0.25) is 4.79 Å². The average molecular weight is 586 g/mol. The Labute approximate surface area is 243 Å². The summed E-state index contributed by atoms with van der Waals surface area (Å²) in [6, 6.07) is 13.5. The second kappa shape index (κ2) is 12.5. The molecule has 0 aliphatic heterocycles. The van der Waals surface area contributed by atoms with E-state index >= 15 is 0 Å². The second-order valence-electron chi connectivity index (χ2n) is 9.30. The number of methoxy groups -OCH3 is 6. The van der Waals surface area contributed by atoms with E-state index in [0.29, 0.717) is 51.6 Å². The van der Waals surface area contributed by atoms with Crippen molar-refractivity contribution >= 4 is 29.2 Å². The van der Waals surface area contributed by atoms with Gasteiger partial charge in [-0.25, -0.2) is 4.79 Å². The number of esters is 1. The van der Waals surface area contributed by atoms with E-state index in [1.54, 1.807) is 36.4 Å². The van der Waals surface area contributed by atoms with Crippen LogP contribution in [0.15, 0.2) is 48.5 Å². The van der Waals surface area contributed by atoms with Crippen molar-refractivity contribution in [2.24, 2.45) is 5.41 Å². The summed E-state index contributed by atoms with van der Waals surface area (Å²) < 4.78 is 38.3. The number of amides is 1.